The summed E-state index contributed by atoms with van der Waals surface area (Å²) in [6.45, 7) is 6.37. The first-order valence-electron chi connectivity index (χ1n) is 9.46. The monoisotopic (exact) mass is 413 g/mol. The van der Waals surface area contributed by atoms with Crippen molar-refractivity contribution in [3.05, 3.63) is 17.0 Å². The quantitative estimate of drug-likeness (QED) is 0.750. The minimum atomic E-state index is -3.48. The Kier molecular flexibility index (Phi) is 6.22. The average Bonchev–Trinajstić information content (AvgIpc) is 3.14. The summed E-state index contributed by atoms with van der Waals surface area (Å²) in [6, 6.07) is 3.46. The van der Waals surface area contributed by atoms with Crippen molar-refractivity contribution in [1.82, 2.24) is 14.1 Å². The molecule has 3 rings (SSSR count). The van der Waals surface area contributed by atoms with E-state index in [4.69, 9.17) is 0 Å². The van der Waals surface area contributed by atoms with Crippen LogP contribution >= 0.6 is 11.3 Å². The summed E-state index contributed by atoms with van der Waals surface area (Å²) in [5.41, 5.74) is 0. The van der Waals surface area contributed by atoms with Crippen molar-refractivity contribution in [3.63, 3.8) is 0 Å². The SMILES string of the molecule is CCC(=O)N1CCC[C@H](C(=O)N2CCN(S(=O)(=O)c3ccc(C)s3)CC2)C1. The van der Waals surface area contributed by atoms with Gasteiger partial charge in [0, 0.05) is 50.6 Å². The van der Waals surface area contributed by atoms with Gasteiger partial charge in [-0.05, 0) is 31.9 Å². The number of piperidine rings is 1. The van der Waals surface area contributed by atoms with E-state index in [1.54, 1.807) is 15.9 Å². The van der Waals surface area contributed by atoms with Gasteiger partial charge in [0.05, 0.1) is 5.92 Å². The molecular weight excluding hydrogens is 386 g/mol. The van der Waals surface area contributed by atoms with Gasteiger partial charge in [-0.2, -0.15) is 4.31 Å². The number of hydrogen-bond donors (Lipinski definition) is 0. The van der Waals surface area contributed by atoms with Gasteiger partial charge in [0.2, 0.25) is 11.8 Å². The van der Waals surface area contributed by atoms with E-state index in [1.807, 2.05) is 19.9 Å². The number of sulfonamides is 1. The van der Waals surface area contributed by atoms with Crippen LogP contribution in [0.2, 0.25) is 0 Å². The van der Waals surface area contributed by atoms with Gasteiger partial charge in [0.15, 0.2) is 0 Å². The van der Waals surface area contributed by atoms with Crippen LogP contribution in [0, 0.1) is 12.8 Å². The van der Waals surface area contributed by atoms with Crippen LogP contribution in [0.15, 0.2) is 16.3 Å². The molecule has 0 bridgehead atoms. The summed E-state index contributed by atoms with van der Waals surface area (Å²) < 4.78 is 27.3. The number of aryl methyl sites for hydroxylation is 1. The van der Waals surface area contributed by atoms with Gasteiger partial charge in [0.1, 0.15) is 4.21 Å². The summed E-state index contributed by atoms with van der Waals surface area (Å²) >= 11 is 1.28. The third-order valence-corrected chi connectivity index (χ3v) is 8.65. The molecule has 2 aliphatic heterocycles. The maximum Gasteiger partial charge on any atom is 0.252 e. The smallest absolute Gasteiger partial charge is 0.252 e. The Morgan fingerprint density at radius 2 is 1.81 bits per heavy atom. The predicted octanol–water partition coefficient (Wildman–Crippen LogP) is 1.54. The van der Waals surface area contributed by atoms with Gasteiger partial charge in [-0.3, -0.25) is 9.59 Å². The maximum atomic E-state index is 12.9. The van der Waals surface area contributed by atoms with Crippen LogP contribution in [0.4, 0.5) is 0 Å². The molecule has 0 N–H and O–H groups in total. The summed E-state index contributed by atoms with van der Waals surface area (Å²) in [5, 5.41) is 0. The van der Waals surface area contributed by atoms with E-state index >= 15 is 0 Å². The molecule has 0 saturated carbocycles. The first-order valence-corrected chi connectivity index (χ1v) is 11.7. The van der Waals surface area contributed by atoms with Crippen LogP contribution in [-0.4, -0.2) is 73.6 Å². The van der Waals surface area contributed by atoms with Crippen molar-refractivity contribution in [3.8, 4) is 0 Å². The maximum absolute atomic E-state index is 12.9. The summed E-state index contributed by atoms with van der Waals surface area (Å²) in [7, 11) is -3.48. The van der Waals surface area contributed by atoms with Crippen molar-refractivity contribution < 1.29 is 18.0 Å². The number of piperazine rings is 1. The molecule has 2 fully saturated rings. The number of amides is 2. The van der Waals surface area contributed by atoms with E-state index in [-0.39, 0.29) is 17.7 Å². The van der Waals surface area contributed by atoms with Crippen LogP contribution in [-0.2, 0) is 19.6 Å². The summed E-state index contributed by atoms with van der Waals surface area (Å²) in [6.07, 6.45) is 2.09. The molecule has 0 spiro atoms. The molecule has 0 radical (unpaired) electrons. The van der Waals surface area contributed by atoms with Crippen molar-refractivity contribution in [2.45, 2.75) is 37.3 Å². The molecule has 27 heavy (non-hydrogen) atoms. The molecule has 3 heterocycles. The molecule has 0 aliphatic carbocycles. The van der Waals surface area contributed by atoms with Gasteiger partial charge < -0.3 is 9.80 Å². The molecule has 2 amide bonds. The zero-order valence-electron chi connectivity index (χ0n) is 15.9. The van der Waals surface area contributed by atoms with Crippen molar-refractivity contribution in [2.75, 3.05) is 39.3 Å². The summed E-state index contributed by atoms with van der Waals surface area (Å²) in [5.74, 6) is -0.0281. The highest BCUT2D eigenvalue weighted by molar-refractivity contribution is 7.91. The van der Waals surface area contributed by atoms with E-state index in [9.17, 15) is 18.0 Å². The van der Waals surface area contributed by atoms with Crippen LogP contribution < -0.4 is 0 Å². The zero-order valence-corrected chi connectivity index (χ0v) is 17.5. The standard InChI is InChI=1S/C18H27N3O4S2/c1-3-16(22)20-8-4-5-15(13-20)18(23)19-9-11-21(12-10-19)27(24,25)17-7-6-14(2)26-17/h6-7,15H,3-5,8-13H2,1-2H3/t15-/m0/s1. The Labute approximate surface area is 165 Å². The highest BCUT2D eigenvalue weighted by Crippen LogP contribution is 2.26. The van der Waals surface area contributed by atoms with Gasteiger partial charge in [-0.1, -0.05) is 6.92 Å². The molecule has 1 aromatic heterocycles. The number of carbonyl (C=O) groups is 2. The fourth-order valence-corrected chi connectivity index (χ4v) is 6.57. The largest absolute Gasteiger partial charge is 0.342 e. The first kappa shape index (κ1) is 20.3. The second-order valence-electron chi connectivity index (χ2n) is 7.13. The fourth-order valence-electron chi connectivity index (χ4n) is 3.71. The third-order valence-electron chi connectivity index (χ3n) is 5.29. The minimum Gasteiger partial charge on any atom is -0.342 e. The molecule has 1 aromatic rings. The second-order valence-corrected chi connectivity index (χ2v) is 10.6. The lowest BCUT2D eigenvalue weighted by Crippen LogP contribution is -2.53. The molecule has 0 aromatic carbocycles. The number of thiophene rings is 1. The lowest BCUT2D eigenvalue weighted by Gasteiger charge is -2.38. The molecule has 2 aliphatic rings. The zero-order chi connectivity index (χ0) is 19.6. The van der Waals surface area contributed by atoms with E-state index < -0.39 is 10.0 Å². The van der Waals surface area contributed by atoms with E-state index in [1.165, 1.54) is 15.6 Å². The number of likely N-dealkylation sites (tertiary alicyclic amines) is 1. The molecule has 9 heteroatoms. The van der Waals surface area contributed by atoms with Gasteiger partial charge >= 0.3 is 0 Å². The highest BCUT2D eigenvalue weighted by atomic mass is 32.2. The lowest BCUT2D eigenvalue weighted by molar-refractivity contribution is -0.141. The van der Waals surface area contributed by atoms with Crippen LogP contribution in [0.3, 0.4) is 0 Å². The first-order chi connectivity index (χ1) is 12.8. The second kappa shape index (κ2) is 8.28. The Hall–Kier alpha value is -1.45. The van der Waals surface area contributed by atoms with E-state index in [0.29, 0.717) is 43.4 Å². The number of rotatable bonds is 4. The van der Waals surface area contributed by atoms with Gasteiger partial charge in [-0.25, -0.2) is 8.42 Å². The van der Waals surface area contributed by atoms with Gasteiger partial charge in [-0.15, -0.1) is 11.3 Å². The number of carbonyl (C=O) groups excluding carboxylic acids is 2. The lowest BCUT2D eigenvalue weighted by atomic mass is 9.96. The Bertz CT molecular complexity index is 797. The summed E-state index contributed by atoms with van der Waals surface area (Å²) in [4.78, 5) is 29.3. The molecule has 2 saturated heterocycles. The normalized spacial score (nSPS) is 22.1. The Morgan fingerprint density at radius 3 is 2.41 bits per heavy atom. The Morgan fingerprint density at radius 1 is 1.11 bits per heavy atom. The topological polar surface area (TPSA) is 78.0 Å². The van der Waals surface area contributed by atoms with Crippen molar-refractivity contribution in [1.29, 1.82) is 0 Å². The van der Waals surface area contributed by atoms with Crippen LogP contribution in [0.25, 0.3) is 0 Å². The van der Waals surface area contributed by atoms with Crippen LogP contribution in [0.1, 0.15) is 31.1 Å². The molecular formula is C18H27N3O4S2. The minimum absolute atomic E-state index is 0.0487. The Balaban J connectivity index is 1.58. The van der Waals surface area contributed by atoms with Crippen molar-refractivity contribution >= 4 is 33.2 Å². The van der Waals surface area contributed by atoms with Gasteiger partial charge in [0.25, 0.3) is 10.0 Å². The fraction of sp³-hybridized carbons (Fsp3) is 0.667. The molecule has 7 nitrogen and oxygen atoms in total. The number of hydrogen-bond acceptors (Lipinski definition) is 5. The predicted molar refractivity (Wildman–Crippen MR) is 104 cm³/mol. The molecule has 150 valence electrons. The molecule has 1 atom stereocenters. The molecule has 0 unspecified atom stereocenters. The highest BCUT2D eigenvalue weighted by Gasteiger charge is 2.35. The van der Waals surface area contributed by atoms with E-state index in [0.717, 1.165) is 24.3 Å². The van der Waals surface area contributed by atoms with Crippen LogP contribution in [0.5, 0.6) is 0 Å². The van der Waals surface area contributed by atoms with Crippen molar-refractivity contribution in [2.24, 2.45) is 5.92 Å². The average molecular weight is 414 g/mol. The van der Waals surface area contributed by atoms with E-state index in [2.05, 4.69) is 0 Å². The number of nitrogens with zero attached hydrogens (tertiary/aromatic N) is 3. The third kappa shape index (κ3) is 4.35.